The number of rotatable bonds is 4. The van der Waals surface area contributed by atoms with Crippen LogP contribution in [0.15, 0.2) is 42.7 Å². The van der Waals surface area contributed by atoms with Crippen LogP contribution in [-0.4, -0.2) is 22.3 Å². The molecule has 6 heteroatoms. The van der Waals surface area contributed by atoms with Gasteiger partial charge in [-0.3, -0.25) is 4.98 Å². The molecule has 2 N–H and O–H groups in total. The van der Waals surface area contributed by atoms with Gasteiger partial charge in [0, 0.05) is 18.0 Å². The number of alkyl carbamates (subject to hydrolysis) is 1. The number of ether oxygens (including phenoxy) is 1. The maximum Gasteiger partial charge on any atom is 0.408 e. The summed E-state index contributed by atoms with van der Waals surface area (Å²) in [5.74, 6) is 5.27. The number of carbonyl (C=O) groups is 1. The number of pyridine rings is 1. The number of nitrogens with one attached hydrogen (secondary N) is 1. The number of hydrogen-bond acceptors (Lipinski definition) is 4. The lowest BCUT2D eigenvalue weighted by Crippen LogP contribution is -2.19. The summed E-state index contributed by atoms with van der Waals surface area (Å²) in [5.41, 5.74) is 1.88. The van der Waals surface area contributed by atoms with Gasteiger partial charge < -0.3 is 15.2 Å². The molecule has 2 aromatic rings. The summed E-state index contributed by atoms with van der Waals surface area (Å²) in [6.45, 7) is 1.97. The zero-order chi connectivity index (χ0) is 18.5. The van der Waals surface area contributed by atoms with Gasteiger partial charge in [0.1, 0.15) is 18.0 Å². The molecule has 0 bridgehead atoms. The first-order valence-electron chi connectivity index (χ1n) is 8.44. The minimum Gasteiger partial charge on any atom is -0.439 e. The summed E-state index contributed by atoms with van der Waals surface area (Å²) in [4.78, 5) is 15.9. The lowest BCUT2D eigenvalue weighted by Gasteiger charge is -2.17. The van der Waals surface area contributed by atoms with E-state index in [0.29, 0.717) is 23.1 Å². The number of carbonyl (C=O) groups excluding carboxylic acids is 1. The van der Waals surface area contributed by atoms with Gasteiger partial charge in [-0.25, -0.2) is 9.18 Å². The molecule has 2 heterocycles. The number of hydrogen-bond donors (Lipinski definition) is 2. The molecule has 1 fully saturated rings. The van der Waals surface area contributed by atoms with Crippen LogP contribution in [0.2, 0.25) is 0 Å². The SMILES string of the molecule is CCCC(O)C#Cc1cncc([C@H]2NC(=O)O[C@@H]2c2cccc(F)c2)c1. The first-order valence-corrected chi connectivity index (χ1v) is 8.44. The fourth-order valence-electron chi connectivity index (χ4n) is 2.83. The van der Waals surface area contributed by atoms with E-state index in [1.54, 1.807) is 30.6 Å². The summed E-state index contributed by atoms with van der Waals surface area (Å²) in [6, 6.07) is 7.24. The summed E-state index contributed by atoms with van der Waals surface area (Å²) in [6.07, 6.45) is 2.73. The van der Waals surface area contributed by atoms with E-state index in [4.69, 9.17) is 4.74 Å². The molecule has 0 saturated carbocycles. The summed E-state index contributed by atoms with van der Waals surface area (Å²) in [7, 11) is 0. The van der Waals surface area contributed by atoms with E-state index in [1.165, 1.54) is 12.1 Å². The number of halogens is 1. The highest BCUT2D eigenvalue weighted by atomic mass is 19.1. The van der Waals surface area contributed by atoms with Crippen LogP contribution in [0.5, 0.6) is 0 Å². The van der Waals surface area contributed by atoms with E-state index >= 15 is 0 Å². The average Bonchev–Trinajstić information content (AvgIpc) is 3.02. The predicted molar refractivity (Wildman–Crippen MR) is 93.5 cm³/mol. The van der Waals surface area contributed by atoms with Crippen molar-refractivity contribution in [1.82, 2.24) is 10.3 Å². The minimum atomic E-state index is -0.682. The second-order valence-electron chi connectivity index (χ2n) is 6.08. The van der Waals surface area contributed by atoms with Gasteiger partial charge in [-0.15, -0.1) is 0 Å². The Kier molecular flexibility index (Phi) is 5.49. The largest absolute Gasteiger partial charge is 0.439 e. The van der Waals surface area contributed by atoms with Crippen LogP contribution in [0.4, 0.5) is 9.18 Å². The first kappa shape index (κ1) is 17.9. The number of aliphatic hydroxyl groups is 1. The van der Waals surface area contributed by atoms with Crippen LogP contribution in [0.25, 0.3) is 0 Å². The Bertz CT molecular complexity index is 859. The topological polar surface area (TPSA) is 71.5 Å². The Hall–Kier alpha value is -2.91. The number of amides is 1. The van der Waals surface area contributed by atoms with Crippen LogP contribution in [0.3, 0.4) is 0 Å². The van der Waals surface area contributed by atoms with E-state index in [1.807, 2.05) is 6.92 Å². The van der Waals surface area contributed by atoms with Gasteiger partial charge in [-0.2, -0.15) is 0 Å². The van der Waals surface area contributed by atoms with Crippen molar-refractivity contribution in [2.45, 2.75) is 38.0 Å². The van der Waals surface area contributed by atoms with Crippen molar-refractivity contribution < 1.29 is 19.0 Å². The Morgan fingerprint density at radius 1 is 1.35 bits per heavy atom. The maximum atomic E-state index is 13.5. The van der Waals surface area contributed by atoms with Crippen LogP contribution in [0.1, 0.15) is 48.6 Å². The highest BCUT2D eigenvalue weighted by Crippen LogP contribution is 2.36. The molecule has 1 aliphatic heterocycles. The Morgan fingerprint density at radius 3 is 2.96 bits per heavy atom. The third-order valence-corrected chi connectivity index (χ3v) is 4.05. The van der Waals surface area contributed by atoms with Crippen molar-refractivity contribution in [1.29, 1.82) is 0 Å². The third kappa shape index (κ3) is 4.19. The molecule has 3 rings (SSSR count). The summed E-state index contributed by atoms with van der Waals surface area (Å²) < 4.78 is 18.9. The molecule has 3 atom stereocenters. The Morgan fingerprint density at radius 2 is 2.19 bits per heavy atom. The summed E-state index contributed by atoms with van der Waals surface area (Å²) in [5, 5.41) is 12.5. The third-order valence-electron chi connectivity index (χ3n) is 4.05. The first-order chi connectivity index (χ1) is 12.6. The van der Waals surface area contributed by atoms with Crippen molar-refractivity contribution in [2.75, 3.05) is 0 Å². The van der Waals surface area contributed by atoms with Crippen molar-refractivity contribution in [3.8, 4) is 11.8 Å². The van der Waals surface area contributed by atoms with Crippen LogP contribution in [0, 0.1) is 17.7 Å². The Labute approximate surface area is 151 Å². The summed E-state index contributed by atoms with van der Waals surface area (Å²) >= 11 is 0. The fraction of sp³-hybridized carbons (Fsp3) is 0.300. The normalized spacial score (nSPS) is 19.9. The van der Waals surface area contributed by atoms with Crippen LogP contribution in [-0.2, 0) is 4.74 Å². The minimum absolute atomic E-state index is 0.396. The monoisotopic (exact) mass is 354 g/mol. The maximum absolute atomic E-state index is 13.5. The van der Waals surface area contributed by atoms with Gasteiger partial charge in [0.2, 0.25) is 0 Å². The smallest absolute Gasteiger partial charge is 0.408 e. The molecule has 1 aromatic heterocycles. The zero-order valence-electron chi connectivity index (χ0n) is 14.3. The van der Waals surface area contributed by atoms with E-state index in [-0.39, 0.29) is 0 Å². The second kappa shape index (κ2) is 7.98. The molecule has 1 unspecified atom stereocenters. The van der Waals surface area contributed by atoms with Crippen molar-refractivity contribution in [2.24, 2.45) is 0 Å². The molecule has 26 heavy (non-hydrogen) atoms. The lowest BCUT2D eigenvalue weighted by atomic mass is 9.97. The fourth-order valence-corrected chi connectivity index (χ4v) is 2.83. The predicted octanol–water partition coefficient (Wildman–Crippen LogP) is 3.26. The van der Waals surface area contributed by atoms with Gasteiger partial charge in [0.05, 0.1) is 0 Å². The number of cyclic esters (lactones) is 1. The highest BCUT2D eigenvalue weighted by Gasteiger charge is 2.36. The average molecular weight is 354 g/mol. The lowest BCUT2D eigenvalue weighted by molar-refractivity contribution is 0.132. The molecule has 1 aliphatic rings. The zero-order valence-corrected chi connectivity index (χ0v) is 14.3. The highest BCUT2D eigenvalue weighted by molar-refractivity contribution is 5.71. The van der Waals surface area contributed by atoms with Crippen molar-refractivity contribution >= 4 is 6.09 Å². The molecular formula is C20H19FN2O3. The molecule has 0 spiro atoms. The standard InChI is InChI=1S/C20H19FN2O3/c1-2-4-17(24)8-7-13-9-15(12-22-11-13)18-19(26-20(25)23-18)14-5-3-6-16(21)10-14/h3,5-6,9-12,17-19,24H,2,4H2,1H3,(H,23,25)/t17?,18-,19-/m1/s1. The van der Waals surface area contributed by atoms with Gasteiger partial charge in [0.25, 0.3) is 0 Å². The van der Waals surface area contributed by atoms with Gasteiger partial charge >= 0.3 is 6.09 Å². The quantitative estimate of drug-likeness (QED) is 0.827. The van der Waals surface area contributed by atoms with Gasteiger partial charge in [-0.1, -0.05) is 37.3 Å². The van der Waals surface area contributed by atoms with Gasteiger partial charge in [-0.05, 0) is 35.7 Å². The number of aliphatic hydroxyl groups excluding tert-OH is 1. The number of nitrogens with zero attached hydrogens (tertiary/aromatic N) is 1. The van der Waals surface area contributed by atoms with Crippen molar-refractivity contribution in [3.05, 3.63) is 65.2 Å². The van der Waals surface area contributed by atoms with E-state index in [2.05, 4.69) is 22.1 Å². The molecular weight excluding hydrogens is 335 g/mol. The molecule has 5 nitrogen and oxygen atoms in total. The molecule has 1 saturated heterocycles. The van der Waals surface area contributed by atoms with Crippen molar-refractivity contribution in [3.63, 3.8) is 0 Å². The van der Waals surface area contributed by atoms with Gasteiger partial charge in [0.15, 0.2) is 6.10 Å². The van der Waals surface area contributed by atoms with E-state index < -0.39 is 30.2 Å². The molecule has 134 valence electrons. The van der Waals surface area contributed by atoms with Crippen LogP contribution < -0.4 is 5.32 Å². The molecule has 1 amide bonds. The molecule has 1 aromatic carbocycles. The van der Waals surface area contributed by atoms with Crippen LogP contribution >= 0.6 is 0 Å². The number of benzene rings is 1. The Balaban J connectivity index is 1.87. The van der Waals surface area contributed by atoms with E-state index in [9.17, 15) is 14.3 Å². The molecule has 0 radical (unpaired) electrons. The second-order valence-corrected chi connectivity index (χ2v) is 6.08. The van der Waals surface area contributed by atoms with E-state index in [0.717, 1.165) is 6.42 Å². The number of aromatic nitrogens is 1. The molecule has 0 aliphatic carbocycles.